The predicted octanol–water partition coefficient (Wildman–Crippen LogP) is 2.61. The second kappa shape index (κ2) is 8.76. The van der Waals surface area contributed by atoms with Gasteiger partial charge in [0.1, 0.15) is 17.3 Å². The first-order valence-electron chi connectivity index (χ1n) is 7.60. The van der Waals surface area contributed by atoms with Gasteiger partial charge in [-0.1, -0.05) is 18.2 Å². The molecule has 0 saturated heterocycles. The van der Waals surface area contributed by atoms with Gasteiger partial charge >= 0.3 is 0 Å². The van der Waals surface area contributed by atoms with E-state index in [0.717, 1.165) is 0 Å². The van der Waals surface area contributed by atoms with Crippen molar-refractivity contribution in [2.24, 2.45) is 0 Å². The third-order valence-corrected chi connectivity index (χ3v) is 3.52. The maximum absolute atomic E-state index is 13.5. The number of anilines is 1. The molecule has 5 nitrogen and oxygen atoms in total. The first-order valence-corrected chi connectivity index (χ1v) is 7.60. The summed E-state index contributed by atoms with van der Waals surface area (Å²) in [4.78, 5) is 11.9. The number of halogens is 1. The number of nitrogens with one attached hydrogen (secondary N) is 2. The van der Waals surface area contributed by atoms with Crippen LogP contribution >= 0.6 is 0 Å². The fraction of sp³-hybridized carbons (Fsp3) is 0.278. The summed E-state index contributed by atoms with van der Waals surface area (Å²) in [5.74, 6) is 0.843. The number of hydrogen-bond donors (Lipinski definition) is 2. The van der Waals surface area contributed by atoms with Gasteiger partial charge < -0.3 is 20.1 Å². The minimum Gasteiger partial charge on any atom is -0.497 e. The molecule has 2 aromatic carbocycles. The van der Waals surface area contributed by atoms with E-state index in [1.54, 1.807) is 50.6 Å². The lowest BCUT2D eigenvalue weighted by molar-refractivity contribution is -0.119. The molecule has 0 radical (unpaired) electrons. The number of carbonyl (C=O) groups is 1. The van der Waals surface area contributed by atoms with E-state index in [1.807, 2.05) is 0 Å². The Morgan fingerprint density at radius 2 is 1.92 bits per heavy atom. The first-order chi connectivity index (χ1) is 11.6. The van der Waals surface area contributed by atoms with Crippen LogP contribution in [0.3, 0.4) is 0 Å². The van der Waals surface area contributed by atoms with Gasteiger partial charge in [-0.3, -0.25) is 4.79 Å². The number of ether oxygens (including phenoxy) is 2. The fourth-order valence-electron chi connectivity index (χ4n) is 2.23. The molecule has 0 heterocycles. The molecule has 24 heavy (non-hydrogen) atoms. The Kier molecular flexibility index (Phi) is 6.42. The van der Waals surface area contributed by atoms with Gasteiger partial charge in [0.2, 0.25) is 5.91 Å². The highest BCUT2D eigenvalue weighted by atomic mass is 19.1. The summed E-state index contributed by atoms with van der Waals surface area (Å²) in [7, 11) is 3.13. The molecule has 2 N–H and O–H groups in total. The molecule has 2 rings (SSSR count). The van der Waals surface area contributed by atoms with E-state index in [2.05, 4.69) is 10.6 Å². The average Bonchev–Trinajstić information content (AvgIpc) is 2.61. The lowest BCUT2D eigenvalue weighted by atomic mass is 10.1. The molecule has 0 fully saturated rings. The minimum atomic E-state index is -0.258. The van der Waals surface area contributed by atoms with Gasteiger partial charge in [-0.25, -0.2) is 4.39 Å². The molecule has 0 bridgehead atoms. The van der Waals surface area contributed by atoms with Crippen LogP contribution in [0.1, 0.15) is 5.56 Å². The number of benzene rings is 2. The molecule has 0 aliphatic heterocycles. The molecule has 0 aromatic heterocycles. The number of rotatable bonds is 8. The van der Waals surface area contributed by atoms with Crippen LogP contribution in [0.5, 0.6) is 11.5 Å². The van der Waals surface area contributed by atoms with Crippen molar-refractivity contribution in [2.75, 3.05) is 32.6 Å². The summed E-state index contributed by atoms with van der Waals surface area (Å²) in [6.07, 6.45) is 0.445. The van der Waals surface area contributed by atoms with Gasteiger partial charge in [0.05, 0.1) is 26.5 Å². The van der Waals surface area contributed by atoms with Crippen LogP contribution in [0.2, 0.25) is 0 Å². The Bertz CT molecular complexity index is 692. The number of hydrogen-bond acceptors (Lipinski definition) is 4. The smallest absolute Gasteiger partial charge is 0.239 e. The molecule has 2 aromatic rings. The summed E-state index contributed by atoms with van der Waals surface area (Å²) < 4.78 is 23.9. The van der Waals surface area contributed by atoms with Crippen LogP contribution in [0, 0.1) is 5.82 Å². The highest BCUT2D eigenvalue weighted by molar-refractivity contribution is 5.81. The molecule has 1 amide bonds. The normalized spacial score (nSPS) is 10.1. The Hall–Kier alpha value is -2.76. The third kappa shape index (κ3) is 4.87. The molecule has 0 aliphatic rings. The highest BCUT2D eigenvalue weighted by Gasteiger charge is 2.07. The van der Waals surface area contributed by atoms with E-state index < -0.39 is 0 Å². The van der Waals surface area contributed by atoms with E-state index in [0.29, 0.717) is 35.7 Å². The molecule has 0 unspecified atom stereocenters. The van der Waals surface area contributed by atoms with Crippen molar-refractivity contribution in [3.8, 4) is 11.5 Å². The van der Waals surface area contributed by atoms with Crippen molar-refractivity contribution in [3.05, 3.63) is 53.8 Å². The van der Waals surface area contributed by atoms with Gasteiger partial charge in [0.25, 0.3) is 0 Å². The van der Waals surface area contributed by atoms with E-state index in [-0.39, 0.29) is 18.3 Å². The van der Waals surface area contributed by atoms with E-state index in [9.17, 15) is 9.18 Å². The predicted molar refractivity (Wildman–Crippen MR) is 91.1 cm³/mol. The van der Waals surface area contributed by atoms with Crippen molar-refractivity contribution in [2.45, 2.75) is 6.42 Å². The van der Waals surface area contributed by atoms with Crippen molar-refractivity contribution in [1.29, 1.82) is 0 Å². The number of carbonyl (C=O) groups excluding carboxylic acids is 1. The van der Waals surface area contributed by atoms with E-state index in [4.69, 9.17) is 9.47 Å². The van der Waals surface area contributed by atoms with Gasteiger partial charge in [0.15, 0.2) is 0 Å². The SMILES string of the molecule is COc1ccc(OC)c(NCC(=O)NCCc2ccccc2F)c1. The van der Waals surface area contributed by atoms with Crippen LogP contribution in [0.4, 0.5) is 10.1 Å². The second-order valence-electron chi connectivity index (χ2n) is 5.11. The van der Waals surface area contributed by atoms with E-state index >= 15 is 0 Å². The highest BCUT2D eigenvalue weighted by Crippen LogP contribution is 2.28. The standard InChI is InChI=1S/C18H21FN2O3/c1-23-14-7-8-17(24-2)16(11-14)21-12-18(22)20-10-9-13-5-3-4-6-15(13)19/h3-8,11,21H,9-10,12H2,1-2H3,(H,20,22). The first kappa shape index (κ1) is 17.6. The van der Waals surface area contributed by atoms with Gasteiger partial charge in [-0.05, 0) is 30.2 Å². The van der Waals surface area contributed by atoms with Crippen LogP contribution in [0.15, 0.2) is 42.5 Å². The lowest BCUT2D eigenvalue weighted by Gasteiger charge is -2.12. The van der Waals surface area contributed by atoms with Crippen molar-refractivity contribution < 1.29 is 18.7 Å². The monoisotopic (exact) mass is 332 g/mol. The maximum atomic E-state index is 13.5. The van der Waals surface area contributed by atoms with Crippen molar-refractivity contribution >= 4 is 11.6 Å². The quantitative estimate of drug-likeness (QED) is 0.780. The van der Waals surface area contributed by atoms with E-state index in [1.165, 1.54) is 6.07 Å². The Morgan fingerprint density at radius 3 is 2.62 bits per heavy atom. The van der Waals surface area contributed by atoms with Crippen LogP contribution in [-0.4, -0.2) is 33.2 Å². The van der Waals surface area contributed by atoms with Crippen LogP contribution in [-0.2, 0) is 11.2 Å². The third-order valence-electron chi connectivity index (χ3n) is 3.52. The number of amides is 1. The van der Waals surface area contributed by atoms with Crippen molar-refractivity contribution in [3.63, 3.8) is 0 Å². The molecule has 0 atom stereocenters. The molecular formula is C18H21FN2O3. The summed E-state index contributed by atoms with van der Waals surface area (Å²) in [5, 5.41) is 5.76. The Morgan fingerprint density at radius 1 is 1.12 bits per heavy atom. The molecule has 0 saturated carbocycles. The summed E-state index contributed by atoms with van der Waals surface area (Å²) in [5.41, 5.74) is 1.25. The zero-order valence-corrected chi connectivity index (χ0v) is 13.8. The zero-order chi connectivity index (χ0) is 17.4. The summed E-state index contributed by atoms with van der Waals surface area (Å²) >= 11 is 0. The van der Waals surface area contributed by atoms with Crippen molar-refractivity contribution in [1.82, 2.24) is 5.32 Å². The second-order valence-corrected chi connectivity index (χ2v) is 5.11. The summed E-state index contributed by atoms with van der Waals surface area (Å²) in [6.45, 7) is 0.456. The summed E-state index contributed by atoms with van der Waals surface area (Å²) in [6, 6.07) is 11.8. The van der Waals surface area contributed by atoms with Crippen LogP contribution < -0.4 is 20.1 Å². The van der Waals surface area contributed by atoms with Gasteiger partial charge in [-0.2, -0.15) is 0 Å². The Labute approximate surface area is 140 Å². The minimum absolute atomic E-state index is 0.0841. The molecule has 128 valence electrons. The fourth-order valence-corrected chi connectivity index (χ4v) is 2.23. The molecule has 0 aliphatic carbocycles. The Balaban J connectivity index is 1.82. The lowest BCUT2D eigenvalue weighted by Crippen LogP contribution is -2.31. The molecular weight excluding hydrogens is 311 g/mol. The van der Waals surface area contributed by atoms with Gasteiger partial charge in [0, 0.05) is 12.6 Å². The zero-order valence-electron chi connectivity index (χ0n) is 13.8. The number of methoxy groups -OCH3 is 2. The largest absolute Gasteiger partial charge is 0.497 e. The molecule has 6 heteroatoms. The van der Waals surface area contributed by atoms with Crippen LogP contribution in [0.25, 0.3) is 0 Å². The average molecular weight is 332 g/mol. The van der Waals surface area contributed by atoms with Gasteiger partial charge in [-0.15, -0.1) is 0 Å². The maximum Gasteiger partial charge on any atom is 0.239 e. The topological polar surface area (TPSA) is 59.6 Å². The molecule has 0 spiro atoms.